The van der Waals surface area contributed by atoms with Gasteiger partial charge in [0.15, 0.2) is 0 Å². The molecule has 1 saturated heterocycles. The van der Waals surface area contributed by atoms with Crippen molar-refractivity contribution in [2.75, 3.05) is 41.0 Å². The van der Waals surface area contributed by atoms with Crippen LogP contribution in [0.3, 0.4) is 0 Å². The van der Waals surface area contributed by atoms with Crippen molar-refractivity contribution in [3.63, 3.8) is 0 Å². The first-order valence-corrected chi connectivity index (χ1v) is 8.66. The number of carbonyl (C=O) groups excluding carboxylic acids is 4. The summed E-state index contributed by atoms with van der Waals surface area (Å²) in [6.45, 7) is -0.185. The minimum atomic E-state index is -1.67. The number of carbonyl (C=O) groups is 4. The summed E-state index contributed by atoms with van der Waals surface area (Å²) in [5, 5.41) is 0. The first-order chi connectivity index (χ1) is 13.3. The third kappa shape index (κ3) is 4.19. The van der Waals surface area contributed by atoms with Crippen molar-refractivity contribution < 1.29 is 33.0 Å². The highest BCUT2D eigenvalue weighted by molar-refractivity contribution is 6.10. The average Bonchev–Trinajstić information content (AvgIpc) is 2.90. The Hall–Kier alpha value is -2.81. The third-order valence-corrected chi connectivity index (χ3v) is 4.79. The number of hydrogen-bond acceptors (Lipinski definition) is 6. The van der Waals surface area contributed by atoms with Crippen LogP contribution in [0.1, 0.15) is 18.4 Å². The third-order valence-electron chi connectivity index (χ3n) is 4.79. The molecule has 1 aromatic carbocycles. The van der Waals surface area contributed by atoms with Gasteiger partial charge in [0.1, 0.15) is 12.4 Å². The molecule has 0 spiro atoms. The van der Waals surface area contributed by atoms with Crippen molar-refractivity contribution in [2.45, 2.75) is 18.3 Å². The summed E-state index contributed by atoms with van der Waals surface area (Å²) >= 11 is 0. The van der Waals surface area contributed by atoms with Gasteiger partial charge in [-0.2, -0.15) is 0 Å². The molecule has 0 aliphatic carbocycles. The maximum absolute atomic E-state index is 14.6. The minimum Gasteiger partial charge on any atom is -0.468 e. The largest absolute Gasteiger partial charge is 0.468 e. The smallest absolute Gasteiger partial charge is 0.325 e. The number of likely N-dealkylation sites (tertiary alicyclic amines) is 1. The molecule has 0 saturated carbocycles. The Bertz CT molecular complexity index is 783. The van der Waals surface area contributed by atoms with Gasteiger partial charge >= 0.3 is 5.97 Å². The molecule has 9 heteroatoms. The second-order valence-electron chi connectivity index (χ2n) is 6.58. The number of ether oxygens (including phenoxy) is 2. The van der Waals surface area contributed by atoms with Gasteiger partial charge in [0, 0.05) is 32.6 Å². The fraction of sp³-hybridized carbons (Fsp3) is 0.474. The van der Waals surface area contributed by atoms with Crippen molar-refractivity contribution in [1.82, 2.24) is 9.80 Å². The normalized spacial score (nSPS) is 19.1. The number of imide groups is 1. The molecule has 1 aromatic rings. The predicted molar refractivity (Wildman–Crippen MR) is 95.6 cm³/mol. The molecule has 1 aliphatic heterocycles. The Kier molecular flexibility index (Phi) is 6.85. The van der Waals surface area contributed by atoms with E-state index in [1.54, 1.807) is 6.07 Å². The summed E-state index contributed by atoms with van der Waals surface area (Å²) in [6, 6.07) is 5.57. The summed E-state index contributed by atoms with van der Waals surface area (Å²) in [7, 11) is 3.99. The molecule has 152 valence electrons. The Balaban J connectivity index is 2.40. The van der Waals surface area contributed by atoms with E-state index < -0.39 is 41.3 Å². The second-order valence-corrected chi connectivity index (χ2v) is 6.58. The number of halogens is 1. The van der Waals surface area contributed by atoms with Crippen molar-refractivity contribution in [3.8, 4) is 0 Å². The SMILES string of the molecule is COCCN1C(=O)C[C@](CC(=O)N(C)CC(=O)OC)(c2ccccc2F)C1=O. The highest BCUT2D eigenvalue weighted by Gasteiger charge is 2.54. The predicted octanol–water partition coefficient (Wildman–Crippen LogP) is 0.490. The molecule has 1 fully saturated rings. The van der Waals surface area contributed by atoms with Gasteiger partial charge in [0.2, 0.25) is 17.7 Å². The van der Waals surface area contributed by atoms with Gasteiger partial charge in [-0.25, -0.2) is 4.39 Å². The highest BCUT2D eigenvalue weighted by atomic mass is 19.1. The zero-order chi connectivity index (χ0) is 20.9. The van der Waals surface area contributed by atoms with Gasteiger partial charge in [-0.1, -0.05) is 18.2 Å². The van der Waals surface area contributed by atoms with Crippen LogP contribution in [0.5, 0.6) is 0 Å². The number of hydrogen-bond donors (Lipinski definition) is 0. The number of likely N-dealkylation sites (N-methyl/N-ethyl adjacent to an activating group) is 1. The quantitative estimate of drug-likeness (QED) is 0.471. The summed E-state index contributed by atoms with van der Waals surface area (Å²) in [4.78, 5) is 51.9. The Morgan fingerprint density at radius 2 is 1.93 bits per heavy atom. The topological polar surface area (TPSA) is 93.2 Å². The van der Waals surface area contributed by atoms with E-state index >= 15 is 0 Å². The molecular weight excluding hydrogens is 371 g/mol. The van der Waals surface area contributed by atoms with Gasteiger partial charge in [0.25, 0.3) is 0 Å². The molecule has 3 amide bonds. The van der Waals surface area contributed by atoms with Crippen molar-refractivity contribution in [2.24, 2.45) is 0 Å². The molecule has 1 aliphatic rings. The van der Waals surface area contributed by atoms with E-state index in [0.717, 1.165) is 9.80 Å². The lowest BCUT2D eigenvalue weighted by molar-refractivity contribution is -0.147. The fourth-order valence-electron chi connectivity index (χ4n) is 3.24. The standard InChI is InChI=1S/C19H23FN2O6/c1-21(12-17(25)28-3)15(23)10-19(13-6-4-5-7-14(13)20)11-16(24)22(18(19)26)8-9-27-2/h4-7H,8-12H2,1-3H3/t19-/m1/s1. The van der Waals surface area contributed by atoms with Crippen LogP contribution < -0.4 is 0 Å². The average molecular weight is 394 g/mol. The highest BCUT2D eigenvalue weighted by Crippen LogP contribution is 2.41. The maximum atomic E-state index is 14.6. The number of nitrogens with zero attached hydrogens (tertiary/aromatic N) is 2. The summed E-state index contributed by atoms with van der Waals surface area (Å²) in [5.41, 5.74) is -1.69. The first kappa shape index (κ1) is 21.5. The Labute approximate surface area is 162 Å². The van der Waals surface area contributed by atoms with E-state index in [9.17, 15) is 23.6 Å². The fourth-order valence-corrected chi connectivity index (χ4v) is 3.24. The number of amides is 3. The molecule has 0 radical (unpaired) electrons. The molecule has 0 bridgehead atoms. The van der Waals surface area contributed by atoms with E-state index in [1.165, 1.54) is 39.5 Å². The van der Waals surface area contributed by atoms with Gasteiger partial charge in [-0.3, -0.25) is 24.1 Å². The number of benzene rings is 1. The van der Waals surface area contributed by atoms with Crippen LogP contribution >= 0.6 is 0 Å². The molecule has 1 heterocycles. The molecule has 0 unspecified atom stereocenters. The van der Waals surface area contributed by atoms with Crippen molar-refractivity contribution in [3.05, 3.63) is 35.6 Å². The number of rotatable bonds is 8. The van der Waals surface area contributed by atoms with Crippen molar-refractivity contribution >= 4 is 23.7 Å². The lowest BCUT2D eigenvalue weighted by Crippen LogP contribution is -2.44. The molecular formula is C19H23FN2O6. The van der Waals surface area contributed by atoms with Crippen molar-refractivity contribution in [1.29, 1.82) is 0 Å². The zero-order valence-electron chi connectivity index (χ0n) is 16.1. The summed E-state index contributed by atoms with van der Waals surface area (Å²) in [5.74, 6) is -3.05. The first-order valence-electron chi connectivity index (χ1n) is 8.66. The van der Waals surface area contributed by atoms with Crippen LogP contribution in [0, 0.1) is 5.82 Å². The molecule has 2 rings (SSSR count). The van der Waals surface area contributed by atoms with Gasteiger partial charge < -0.3 is 14.4 Å². The summed E-state index contributed by atoms with van der Waals surface area (Å²) in [6.07, 6.45) is -0.788. The van der Waals surface area contributed by atoms with Gasteiger partial charge in [0.05, 0.1) is 25.7 Å². The monoisotopic (exact) mass is 394 g/mol. The maximum Gasteiger partial charge on any atom is 0.325 e. The van der Waals surface area contributed by atoms with E-state index in [-0.39, 0.29) is 31.7 Å². The van der Waals surface area contributed by atoms with E-state index in [4.69, 9.17) is 4.74 Å². The van der Waals surface area contributed by atoms with Gasteiger partial charge in [-0.05, 0) is 6.07 Å². The van der Waals surface area contributed by atoms with Crippen LogP contribution in [0.4, 0.5) is 4.39 Å². The summed E-state index contributed by atoms with van der Waals surface area (Å²) < 4.78 is 24.0. The molecule has 8 nitrogen and oxygen atoms in total. The molecule has 0 N–H and O–H groups in total. The van der Waals surface area contributed by atoms with Crippen LogP contribution in [0.2, 0.25) is 0 Å². The van der Waals surface area contributed by atoms with Crippen LogP contribution in [0.25, 0.3) is 0 Å². The number of methoxy groups -OCH3 is 2. The van der Waals surface area contributed by atoms with E-state index in [1.807, 2.05) is 0 Å². The lowest BCUT2D eigenvalue weighted by Gasteiger charge is -2.29. The minimum absolute atomic E-state index is 0.0105. The van der Waals surface area contributed by atoms with E-state index in [0.29, 0.717) is 0 Å². The zero-order valence-corrected chi connectivity index (χ0v) is 16.1. The Morgan fingerprint density at radius 3 is 2.54 bits per heavy atom. The van der Waals surface area contributed by atoms with Gasteiger partial charge in [-0.15, -0.1) is 0 Å². The molecule has 1 atom stereocenters. The van der Waals surface area contributed by atoms with Crippen LogP contribution in [0.15, 0.2) is 24.3 Å². The number of esters is 1. The van der Waals surface area contributed by atoms with Crippen LogP contribution in [-0.4, -0.2) is 74.5 Å². The molecule has 0 aromatic heterocycles. The van der Waals surface area contributed by atoms with Crippen LogP contribution in [-0.2, 0) is 34.1 Å². The Morgan fingerprint density at radius 1 is 1.25 bits per heavy atom. The second kappa shape index (κ2) is 8.92. The van der Waals surface area contributed by atoms with E-state index in [2.05, 4.69) is 4.74 Å². The molecule has 28 heavy (non-hydrogen) atoms. The lowest BCUT2D eigenvalue weighted by atomic mass is 9.75.